The third kappa shape index (κ3) is 2.06. The fourth-order valence-corrected chi connectivity index (χ4v) is 1.65. The summed E-state index contributed by atoms with van der Waals surface area (Å²) in [4.78, 5) is 4.32. The van der Waals surface area contributed by atoms with Crippen molar-refractivity contribution in [3.63, 3.8) is 0 Å². The van der Waals surface area contributed by atoms with Crippen molar-refractivity contribution < 1.29 is 0 Å². The van der Waals surface area contributed by atoms with Crippen LogP contribution in [0, 0.1) is 13.8 Å². The van der Waals surface area contributed by atoms with Gasteiger partial charge in [0, 0.05) is 23.5 Å². The lowest BCUT2D eigenvalue weighted by Crippen LogP contribution is -2.12. The van der Waals surface area contributed by atoms with E-state index >= 15 is 0 Å². The minimum Gasteiger partial charge on any atom is -0.329 e. The molecular formula is C10H14N6. The molecule has 0 atom stereocenters. The van der Waals surface area contributed by atoms with Crippen molar-refractivity contribution in [2.24, 2.45) is 5.73 Å². The minimum absolute atomic E-state index is 0.515. The number of hydrogen-bond acceptors (Lipinski definition) is 5. The second-order valence-corrected chi connectivity index (χ2v) is 3.65. The van der Waals surface area contributed by atoms with Crippen LogP contribution in [0.15, 0.2) is 12.1 Å². The van der Waals surface area contributed by atoms with Crippen molar-refractivity contribution in [2.75, 3.05) is 6.54 Å². The van der Waals surface area contributed by atoms with Gasteiger partial charge in [-0.3, -0.25) is 4.98 Å². The van der Waals surface area contributed by atoms with Crippen molar-refractivity contribution in [3.8, 4) is 11.4 Å². The standard InChI is InChI=1S/C10H14N6/c1-7-5-9(6-8(2)12-7)10-13-14-15-16(10)4-3-11/h5-6H,3-4,11H2,1-2H3. The average molecular weight is 218 g/mol. The molecule has 2 aromatic rings. The second kappa shape index (κ2) is 4.36. The predicted molar refractivity (Wildman–Crippen MR) is 59.6 cm³/mol. The lowest BCUT2D eigenvalue weighted by molar-refractivity contribution is 0.602. The Balaban J connectivity index is 2.45. The Morgan fingerprint density at radius 2 is 1.94 bits per heavy atom. The summed E-state index contributed by atoms with van der Waals surface area (Å²) in [5, 5.41) is 11.6. The van der Waals surface area contributed by atoms with Crippen molar-refractivity contribution in [1.29, 1.82) is 0 Å². The van der Waals surface area contributed by atoms with Crippen LogP contribution in [0.25, 0.3) is 11.4 Å². The Morgan fingerprint density at radius 3 is 2.56 bits per heavy atom. The molecule has 0 aliphatic rings. The summed E-state index contributed by atoms with van der Waals surface area (Å²) < 4.78 is 1.70. The number of aromatic nitrogens is 5. The Hall–Kier alpha value is -1.82. The van der Waals surface area contributed by atoms with Gasteiger partial charge in [0.25, 0.3) is 0 Å². The molecule has 0 saturated carbocycles. The van der Waals surface area contributed by atoms with Crippen LogP contribution in [0.5, 0.6) is 0 Å². The van der Waals surface area contributed by atoms with Crippen molar-refractivity contribution in [2.45, 2.75) is 20.4 Å². The first-order chi connectivity index (χ1) is 7.70. The number of nitrogens with two attached hydrogens (primary N) is 1. The number of nitrogens with zero attached hydrogens (tertiary/aromatic N) is 5. The van der Waals surface area contributed by atoms with E-state index < -0.39 is 0 Å². The minimum atomic E-state index is 0.515. The molecule has 2 heterocycles. The fourth-order valence-electron chi connectivity index (χ4n) is 1.65. The largest absolute Gasteiger partial charge is 0.329 e. The van der Waals surface area contributed by atoms with Gasteiger partial charge in [-0.1, -0.05) is 0 Å². The maximum atomic E-state index is 5.50. The molecule has 0 bridgehead atoms. The SMILES string of the molecule is Cc1cc(-c2nnnn2CCN)cc(C)n1. The van der Waals surface area contributed by atoms with Gasteiger partial charge in [0.2, 0.25) is 0 Å². The Kier molecular flexibility index (Phi) is 2.91. The number of aryl methyl sites for hydroxylation is 2. The van der Waals surface area contributed by atoms with Gasteiger partial charge in [0.1, 0.15) is 0 Å². The zero-order chi connectivity index (χ0) is 11.5. The van der Waals surface area contributed by atoms with Gasteiger partial charge in [-0.25, -0.2) is 4.68 Å². The average Bonchev–Trinajstić information content (AvgIpc) is 2.65. The molecule has 0 fully saturated rings. The zero-order valence-corrected chi connectivity index (χ0v) is 9.38. The summed E-state index contributed by atoms with van der Waals surface area (Å²) in [5.41, 5.74) is 8.38. The summed E-state index contributed by atoms with van der Waals surface area (Å²) >= 11 is 0. The molecule has 16 heavy (non-hydrogen) atoms. The summed E-state index contributed by atoms with van der Waals surface area (Å²) in [7, 11) is 0. The Morgan fingerprint density at radius 1 is 1.25 bits per heavy atom. The third-order valence-electron chi connectivity index (χ3n) is 2.21. The quantitative estimate of drug-likeness (QED) is 0.801. The van der Waals surface area contributed by atoms with Crippen LogP contribution >= 0.6 is 0 Å². The normalized spacial score (nSPS) is 10.7. The highest BCUT2D eigenvalue weighted by Crippen LogP contribution is 2.17. The van der Waals surface area contributed by atoms with Crippen LogP contribution in [0.4, 0.5) is 0 Å². The highest BCUT2D eigenvalue weighted by molar-refractivity contribution is 5.55. The van der Waals surface area contributed by atoms with Gasteiger partial charge < -0.3 is 5.73 Å². The van der Waals surface area contributed by atoms with Crippen LogP contribution in [-0.4, -0.2) is 31.7 Å². The molecule has 2 aromatic heterocycles. The summed E-state index contributed by atoms with van der Waals surface area (Å²) in [6.45, 7) is 5.03. The molecule has 0 aliphatic heterocycles. The van der Waals surface area contributed by atoms with E-state index in [-0.39, 0.29) is 0 Å². The molecule has 0 spiro atoms. The summed E-state index contributed by atoms with van der Waals surface area (Å²) in [6, 6.07) is 3.93. The monoisotopic (exact) mass is 218 g/mol. The van der Waals surface area contributed by atoms with Gasteiger partial charge in [-0.15, -0.1) is 5.10 Å². The zero-order valence-electron chi connectivity index (χ0n) is 9.38. The highest BCUT2D eigenvalue weighted by Gasteiger charge is 2.09. The maximum Gasteiger partial charge on any atom is 0.182 e. The molecular weight excluding hydrogens is 204 g/mol. The fraction of sp³-hybridized carbons (Fsp3) is 0.400. The molecule has 84 valence electrons. The van der Waals surface area contributed by atoms with E-state index in [2.05, 4.69) is 20.5 Å². The second-order valence-electron chi connectivity index (χ2n) is 3.65. The van der Waals surface area contributed by atoms with Gasteiger partial charge in [0.15, 0.2) is 5.82 Å². The molecule has 2 N–H and O–H groups in total. The van der Waals surface area contributed by atoms with Gasteiger partial charge >= 0.3 is 0 Å². The van der Waals surface area contributed by atoms with E-state index in [1.165, 1.54) is 0 Å². The molecule has 0 aromatic carbocycles. The number of hydrogen-bond donors (Lipinski definition) is 1. The van der Waals surface area contributed by atoms with Crippen LogP contribution in [0.1, 0.15) is 11.4 Å². The van der Waals surface area contributed by atoms with Crippen LogP contribution in [0.3, 0.4) is 0 Å². The summed E-state index contributed by atoms with van der Waals surface area (Å²) in [6.07, 6.45) is 0. The number of rotatable bonds is 3. The Bertz CT molecular complexity index is 470. The topological polar surface area (TPSA) is 82.5 Å². The van der Waals surface area contributed by atoms with E-state index in [1.54, 1.807) is 4.68 Å². The molecule has 0 aliphatic carbocycles. The van der Waals surface area contributed by atoms with E-state index in [0.29, 0.717) is 13.1 Å². The third-order valence-corrected chi connectivity index (χ3v) is 2.21. The highest BCUT2D eigenvalue weighted by atomic mass is 15.5. The molecule has 0 unspecified atom stereocenters. The number of pyridine rings is 1. The lowest BCUT2D eigenvalue weighted by Gasteiger charge is -2.04. The molecule has 6 nitrogen and oxygen atoms in total. The maximum absolute atomic E-state index is 5.50. The first-order valence-corrected chi connectivity index (χ1v) is 5.12. The van der Waals surface area contributed by atoms with Crippen molar-refractivity contribution in [3.05, 3.63) is 23.5 Å². The van der Waals surface area contributed by atoms with Crippen LogP contribution in [0.2, 0.25) is 0 Å². The van der Waals surface area contributed by atoms with Gasteiger partial charge in [0.05, 0.1) is 6.54 Å². The van der Waals surface area contributed by atoms with Gasteiger partial charge in [-0.2, -0.15) is 0 Å². The number of tetrazole rings is 1. The first kappa shape index (κ1) is 10.7. The molecule has 0 amide bonds. The van der Waals surface area contributed by atoms with E-state index in [9.17, 15) is 0 Å². The smallest absolute Gasteiger partial charge is 0.182 e. The van der Waals surface area contributed by atoms with E-state index in [1.807, 2.05) is 26.0 Å². The summed E-state index contributed by atoms with van der Waals surface area (Å²) in [5.74, 6) is 0.735. The molecule has 6 heteroatoms. The van der Waals surface area contributed by atoms with Crippen LogP contribution < -0.4 is 5.73 Å². The predicted octanol–water partition coefficient (Wildman–Crippen LogP) is 0.311. The molecule has 0 radical (unpaired) electrons. The van der Waals surface area contributed by atoms with Crippen molar-refractivity contribution in [1.82, 2.24) is 25.2 Å². The lowest BCUT2D eigenvalue weighted by atomic mass is 10.2. The molecule has 0 saturated heterocycles. The van der Waals surface area contributed by atoms with Crippen molar-refractivity contribution >= 4 is 0 Å². The Labute approximate surface area is 93.5 Å². The van der Waals surface area contributed by atoms with Crippen LogP contribution in [-0.2, 0) is 6.54 Å². The van der Waals surface area contributed by atoms with E-state index in [4.69, 9.17) is 5.73 Å². The molecule has 2 rings (SSSR count). The first-order valence-electron chi connectivity index (χ1n) is 5.12. The van der Waals surface area contributed by atoms with Gasteiger partial charge in [-0.05, 0) is 36.4 Å². The van der Waals surface area contributed by atoms with E-state index in [0.717, 1.165) is 22.8 Å².